The summed E-state index contributed by atoms with van der Waals surface area (Å²) in [5, 5.41) is 7.12. The van der Waals surface area contributed by atoms with Crippen molar-refractivity contribution in [2.45, 2.75) is 6.54 Å². The first kappa shape index (κ1) is 11.8. The molecule has 84 valence electrons. The van der Waals surface area contributed by atoms with Gasteiger partial charge in [-0.05, 0) is 0 Å². The minimum Gasteiger partial charge on any atom is -0.296 e. The highest BCUT2D eigenvalue weighted by Crippen LogP contribution is 1.96. The standard InChI is InChI=1S/C7H12N4O3S/c1-10(2)15(13,14)4-3-11-5-7(6-12)8-9-11/h5-6H,3-4H2,1-2H3. The van der Waals surface area contributed by atoms with E-state index in [1.807, 2.05) is 0 Å². The Labute approximate surface area is 87.7 Å². The maximum atomic E-state index is 11.4. The van der Waals surface area contributed by atoms with Gasteiger partial charge in [-0.15, -0.1) is 5.10 Å². The highest BCUT2D eigenvalue weighted by atomic mass is 32.2. The quantitative estimate of drug-likeness (QED) is 0.607. The fraction of sp³-hybridized carbons (Fsp3) is 0.571. The summed E-state index contributed by atoms with van der Waals surface area (Å²) in [5.74, 6) is -0.0678. The van der Waals surface area contributed by atoms with Crippen LogP contribution in [0.25, 0.3) is 0 Å². The first-order chi connectivity index (χ1) is 6.95. The number of sulfonamides is 1. The fourth-order valence-corrected chi connectivity index (χ4v) is 1.65. The molecule has 0 amide bonds. The minimum absolute atomic E-state index is 0.0678. The Bertz CT molecular complexity index is 437. The number of aromatic nitrogens is 3. The van der Waals surface area contributed by atoms with E-state index >= 15 is 0 Å². The molecule has 15 heavy (non-hydrogen) atoms. The van der Waals surface area contributed by atoms with Crippen molar-refractivity contribution in [1.29, 1.82) is 0 Å². The van der Waals surface area contributed by atoms with E-state index < -0.39 is 10.0 Å². The third kappa shape index (κ3) is 3.10. The predicted molar refractivity (Wildman–Crippen MR) is 52.9 cm³/mol. The van der Waals surface area contributed by atoms with Crippen LogP contribution in [0.2, 0.25) is 0 Å². The maximum absolute atomic E-state index is 11.4. The zero-order chi connectivity index (χ0) is 11.5. The van der Waals surface area contributed by atoms with E-state index in [1.54, 1.807) is 0 Å². The molecule has 1 rings (SSSR count). The second-order valence-corrected chi connectivity index (χ2v) is 5.43. The Hall–Kier alpha value is -1.28. The molecule has 0 aliphatic heterocycles. The zero-order valence-electron chi connectivity index (χ0n) is 8.49. The van der Waals surface area contributed by atoms with Gasteiger partial charge in [-0.1, -0.05) is 5.21 Å². The Balaban J connectivity index is 2.61. The average Bonchev–Trinajstić information content (AvgIpc) is 2.62. The summed E-state index contributed by atoms with van der Waals surface area (Å²) in [6, 6.07) is 0. The number of carbonyl (C=O) groups excluding carboxylic acids is 1. The van der Waals surface area contributed by atoms with Crippen LogP contribution < -0.4 is 0 Å². The van der Waals surface area contributed by atoms with E-state index in [2.05, 4.69) is 10.3 Å². The van der Waals surface area contributed by atoms with Crippen molar-refractivity contribution in [3.05, 3.63) is 11.9 Å². The second kappa shape index (κ2) is 4.49. The molecular formula is C7H12N4O3S. The Morgan fingerprint density at radius 3 is 2.67 bits per heavy atom. The normalized spacial score (nSPS) is 11.9. The molecule has 0 aliphatic carbocycles. The summed E-state index contributed by atoms with van der Waals surface area (Å²) in [6.45, 7) is 0.182. The Morgan fingerprint density at radius 2 is 2.20 bits per heavy atom. The summed E-state index contributed by atoms with van der Waals surface area (Å²) in [5.41, 5.74) is 0.192. The predicted octanol–water partition coefficient (Wildman–Crippen LogP) is -1.02. The van der Waals surface area contributed by atoms with Crippen LogP contribution >= 0.6 is 0 Å². The summed E-state index contributed by atoms with van der Waals surface area (Å²) in [7, 11) is -0.306. The molecular weight excluding hydrogens is 220 g/mol. The summed E-state index contributed by atoms with van der Waals surface area (Å²) in [4.78, 5) is 10.3. The van der Waals surface area contributed by atoms with E-state index in [9.17, 15) is 13.2 Å². The molecule has 0 unspecified atom stereocenters. The lowest BCUT2D eigenvalue weighted by molar-refractivity contribution is 0.111. The van der Waals surface area contributed by atoms with Crippen LogP contribution in [0.15, 0.2) is 6.20 Å². The Kier molecular flexibility index (Phi) is 3.53. The van der Waals surface area contributed by atoms with Crippen molar-refractivity contribution in [3.63, 3.8) is 0 Å². The van der Waals surface area contributed by atoms with Gasteiger partial charge < -0.3 is 0 Å². The highest BCUT2D eigenvalue weighted by molar-refractivity contribution is 7.89. The lowest BCUT2D eigenvalue weighted by atomic mass is 10.5. The summed E-state index contributed by atoms with van der Waals surface area (Å²) < 4.78 is 25.2. The van der Waals surface area contributed by atoms with E-state index in [0.717, 1.165) is 4.31 Å². The van der Waals surface area contributed by atoms with Crippen LogP contribution in [-0.2, 0) is 16.6 Å². The molecule has 1 aromatic rings. The van der Waals surface area contributed by atoms with Gasteiger partial charge in [0.25, 0.3) is 0 Å². The molecule has 8 heteroatoms. The van der Waals surface area contributed by atoms with Crippen molar-refractivity contribution in [1.82, 2.24) is 19.3 Å². The largest absolute Gasteiger partial charge is 0.296 e. The third-order valence-electron chi connectivity index (χ3n) is 1.81. The van der Waals surface area contributed by atoms with E-state index in [0.29, 0.717) is 6.29 Å². The van der Waals surface area contributed by atoms with Gasteiger partial charge in [0.15, 0.2) is 6.29 Å². The van der Waals surface area contributed by atoms with E-state index in [4.69, 9.17) is 0 Å². The zero-order valence-corrected chi connectivity index (χ0v) is 9.31. The van der Waals surface area contributed by atoms with Crippen LogP contribution in [0.1, 0.15) is 10.5 Å². The average molecular weight is 232 g/mol. The number of aldehydes is 1. The van der Waals surface area contributed by atoms with Crippen molar-refractivity contribution in [3.8, 4) is 0 Å². The molecule has 0 saturated carbocycles. The van der Waals surface area contributed by atoms with Gasteiger partial charge in [-0.3, -0.25) is 9.48 Å². The lowest BCUT2D eigenvalue weighted by Gasteiger charge is -2.10. The molecule has 0 radical (unpaired) electrons. The van der Waals surface area contributed by atoms with E-state index in [-0.39, 0.29) is 18.0 Å². The molecule has 0 saturated heterocycles. The molecule has 0 spiro atoms. The van der Waals surface area contributed by atoms with Crippen molar-refractivity contribution < 1.29 is 13.2 Å². The molecule has 0 aromatic carbocycles. The third-order valence-corrected chi connectivity index (χ3v) is 3.62. The number of aryl methyl sites for hydroxylation is 1. The monoisotopic (exact) mass is 232 g/mol. The first-order valence-corrected chi connectivity index (χ1v) is 5.82. The van der Waals surface area contributed by atoms with Gasteiger partial charge in [0.05, 0.1) is 18.5 Å². The molecule has 1 heterocycles. The topological polar surface area (TPSA) is 85.2 Å². The minimum atomic E-state index is -3.24. The van der Waals surface area contributed by atoms with Gasteiger partial charge in [-0.25, -0.2) is 12.7 Å². The number of carbonyl (C=O) groups is 1. The maximum Gasteiger partial charge on any atom is 0.215 e. The van der Waals surface area contributed by atoms with Gasteiger partial charge in [0.2, 0.25) is 10.0 Å². The van der Waals surface area contributed by atoms with Crippen LogP contribution in [0.5, 0.6) is 0 Å². The first-order valence-electron chi connectivity index (χ1n) is 4.21. The SMILES string of the molecule is CN(C)S(=O)(=O)CCn1cc(C=O)nn1. The molecule has 0 atom stereocenters. The molecule has 0 fully saturated rings. The molecule has 0 N–H and O–H groups in total. The van der Waals surface area contributed by atoms with E-state index in [1.165, 1.54) is 25.0 Å². The number of hydrogen-bond donors (Lipinski definition) is 0. The van der Waals surface area contributed by atoms with Crippen molar-refractivity contribution >= 4 is 16.3 Å². The number of nitrogens with zero attached hydrogens (tertiary/aromatic N) is 4. The van der Waals surface area contributed by atoms with Gasteiger partial charge >= 0.3 is 0 Å². The van der Waals surface area contributed by atoms with Crippen LogP contribution in [-0.4, -0.2) is 53.9 Å². The number of rotatable bonds is 5. The van der Waals surface area contributed by atoms with Gasteiger partial charge in [0.1, 0.15) is 5.69 Å². The van der Waals surface area contributed by atoms with Crippen LogP contribution in [0.3, 0.4) is 0 Å². The molecule has 1 aromatic heterocycles. The lowest BCUT2D eigenvalue weighted by Crippen LogP contribution is -2.27. The van der Waals surface area contributed by atoms with Crippen LogP contribution in [0, 0.1) is 0 Å². The Morgan fingerprint density at radius 1 is 1.53 bits per heavy atom. The smallest absolute Gasteiger partial charge is 0.215 e. The molecule has 7 nitrogen and oxygen atoms in total. The van der Waals surface area contributed by atoms with Crippen molar-refractivity contribution in [2.24, 2.45) is 0 Å². The highest BCUT2D eigenvalue weighted by Gasteiger charge is 2.13. The summed E-state index contributed by atoms with van der Waals surface area (Å²) >= 11 is 0. The molecule has 0 aliphatic rings. The fourth-order valence-electron chi connectivity index (χ4n) is 0.868. The van der Waals surface area contributed by atoms with Crippen LogP contribution in [0.4, 0.5) is 0 Å². The second-order valence-electron chi connectivity index (χ2n) is 3.12. The number of hydrogen-bond acceptors (Lipinski definition) is 5. The van der Waals surface area contributed by atoms with Gasteiger partial charge in [0, 0.05) is 14.1 Å². The summed E-state index contributed by atoms with van der Waals surface area (Å²) in [6.07, 6.45) is 1.96. The molecule has 0 bridgehead atoms. The van der Waals surface area contributed by atoms with Crippen molar-refractivity contribution in [2.75, 3.05) is 19.8 Å². The van der Waals surface area contributed by atoms with Gasteiger partial charge in [-0.2, -0.15) is 0 Å².